The third-order valence-corrected chi connectivity index (χ3v) is 6.61. The molecule has 1 aromatic heterocycles. The van der Waals surface area contributed by atoms with Crippen molar-refractivity contribution in [1.29, 1.82) is 0 Å². The van der Waals surface area contributed by atoms with Crippen molar-refractivity contribution in [2.45, 2.75) is 5.75 Å². The second-order valence-corrected chi connectivity index (χ2v) is 8.44. The number of sulfonamides is 1. The lowest BCUT2D eigenvalue weighted by Gasteiger charge is -2.35. The maximum Gasteiger partial charge on any atom is 0.220 e. The Bertz CT molecular complexity index is 1040. The zero-order chi connectivity index (χ0) is 18.9. The number of fused-ring (bicyclic) bond motifs is 1. The molecule has 0 radical (unpaired) electrons. The van der Waals surface area contributed by atoms with Gasteiger partial charge in [-0.05, 0) is 24.3 Å². The number of hydrogen-bond donors (Lipinski definition) is 0. The van der Waals surface area contributed by atoms with Crippen LogP contribution in [0.4, 0.5) is 5.69 Å². The molecule has 27 heavy (non-hydrogen) atoms. The maximum atomic E-state index is 12.8. The van der Waals surface area contributed by atoms with Crippen LogP contribution in [0.15, 0.2) is 53.1 Å². The fourth-order valence-corrected chi connectivity index (χ4v) is 4.79. The summed E-state index contributed by atoms with van der Waals surface area (Å²) >= 11 is 0. The first-order valence-corrected chi connectivity index (χ1v) is 10.4. The molecule has 0 bridgehead atoms. The predicted molar refractivity (Wildman–Crippen MR) is 103 cm³/mol. The van der Waals surface area contributed by atoms with Crippen molar-refractivity contribution in [2.24, 2.45) is 0 Å². The number of nitrogens with zero attached hydrogens (tertiary/aromatic N) is 3. The number of methoxy groups -OCH3 is 1. The average molecular weight is 387 g/mol. The Morgan fingerprint density at radius 1 is 1.07 bits per heavy atom. The molecular formula is C19H21N3O4S. The molecule has 4 rings (SSSR count). The van der Waals surface area contributed by atoms with Crippen molar-refractivity contribution in [3.8, 4) is 5.75 Å². The predicted octanol–water partition coefficient (Wildman–Crippen LogP) is 2.49. The fraction of sp³-hybridized carbons (Fsp3) is 0.316. The van der Waals surface area contributed by atoms with Gasteiger partial charge in [-0.15, -0.1) is 0 Å². The number of hydrogen-bond acceptors (Lipinski definition) is 6. The summed E-state index contributed by atoms with van der Waals surface area (Å²) in [5, 5.41) is 4.70. The fourth-order valence-electron chi connectivity index (χ4n) is 3.34. The molecule has 142 valence electrons. The van der Waals surface area contributed by atoms with Crippen LogP contribution in [0.5, 0.6) is 5.75 Å². The Hall–Kier alpha value is -2.58. The lowest BCUT2D eigenvalue weighted by atomic mass is 10.2. The number of piperazine rings is 1. The SMILES string of the molecule is COc1cccc(N2CCN(S(=O)(=O)Cc3noc4ccccc34)CC2)c1. The van der Waals surface area contributed by atoms with E-state index in [-0.39, 0.29) is 5.75 Å². The van der Waals surface area contributed by atoms with Crippen molar-refractivity contribution < 1.29 is 17.7 Å². The Labute approximate surface area is 158 Å². The van der Waals surface area contributed by atoms with Crippen LogP contribution in [-0.4, -0.2) is 51.2 Å². The van der Waals surface area contributed by atoms with Gasteiger partial charge in [-0.3, -0.25) is 0 Å². The highest BCUT2D eigenvalue weighted by atomic mass is 32.2. The van der Waals surface area contributed by atoms with E-state index in [1.165, 1.54) is 4.31 Å². The lowest BCUT2D eigenvalue weighted by molar-refractivity contribution is 0.382. The van der Waals surface area contributed by atoms with E-state index >= 15 is 0 Å². The summed E-state index contributed by atoms with van der Waals surface area (Å²) in [6, 6.07) is 15.1. The standard InChI is InChI=1S/C19H21N3O4S/c1-25-16-6-4-5-15(13-16)21-9-11-22(12-10-21)27(23,24)14-18-17-7-2-3-8-19(17)26-20-18/h2-8,13H,9-12,14H2,1H3. The van der Waals surface area contributed by atoms with E-state index in [0.717, 1.165) is 16.8 Å². The van der Waals surface area contributed by atoms with Crippen LogP contribution in [-0.2, 0) is 15.8 Å². The van der Waals surface area contributed by atoms with Crippen molar-refractivity contribution in [3.63, 3.8) is 0 Å². The first kappa shape index (κ1) is 17.8. The molecule has 0 amide bonds. The summed E-state index contributed by atoms with van der Waals surface area (Å²) in [5.41, 5.74) is 2.10. The Morgan fingerprint density at radius 3 is 2.63 bits per heavy atom. The number of rotatable bonds is 5. The van der Waals surface area contributed by atoms with Crippen molar-refractivity contribution in [1.82, 2.24) is 9.46 Å². The molecule has 1 aliphatic rings. The van der Waals surface area contributed by atoms with Crippen LogP contribution >= 0.6 is 0 Å². The molecule has 8 heteroatoms. The Balaban J connectivity index is 1.45. The Morgan fingerprint density at radius 2 is 1.85 bits per heavy atom. The number of benzene rings is 2. The maximum absolute atomic E-state index is 12.8. The summed E-state index contributed by atoms with van der Waals surface area (Å²) in [6.07, 6.45) is 0. The zero-order valence-corrected chi connectivity index (χ0v) is 15.9. The molecule has 7 nitrogen and oxygen atoms in total. The van der Waals surface area contributed by atoms with E-state index in [0.29, 0.717) is 37.5 Å². The largest absolute Gasteiger partial charge is 0.497 e. The highest BCUT2D eigenvalue weighted by Gasteiger charge is 2.29. The smallest absolute Gasteiger partial charge is 0.220 e. The summed E-state index contributed by atoms with van der Waals surface area (Å²) in [5.74, 6) is 0.642. The van der Waals surface area contributed by atoms with Gasteiger partial charge in [0.25, 0.3) is 0 Å². The van der Waals surface area contributed by atoms with Gasteiger partial charge in [-0.2, -0.15) is 4.31 Å². The van der Waals surface area contributed by atoms with E-state index in [1.807, 2.05) is 42.5 Å². The minimum atomic E-state index is -3.46. The lowest BCUT2D eigenvalue weighted by Crippen LogP contribution is -2.49. The van der Waals surface area contributed by atoms with Gasteiger partial charge in [-0.25, -0.2) is 8.42 Å². The van der Waals surface area contributed by atoms with Gasteiger partial charge in [0.15, 0.2) is 5.58 Å². The highest BCUT2D eigenvalue weighted by Crippen LogP contribution is 2.24. The van der Waals surface area contributed by atoms with Gasteiger partial charge >= 0.3 is 0 Å². The summed E-state index contributed by atoms with van der Waals surface area (Å²) in [7, 11) is -1.82. The molecule has 1 aliphatic heterocycles. The summed E-state index contributed by atoms with van der Waals surface area (Å²) in [4.78, 5) is 2.17. The van der Waals surface area contributed by atoms with Crippen LogP contribution in [0, 0.1) is 0 Å². The third-order valence-electron chi connectivity index (χ3n) is 4.82. The molecule has 0 N–H and O–H groups in total. The van der Waals surface area contributed by atoms with Gasteiger partial charge in [0.2, 0.25) is 10.0 Å². The second-order valence-electron chi connectivity index (χ2n) is 6.47. The van der Waals surface area contributed by atoms with Gasteiger partial charge < -0.3 is 14.2 Å². The van der Waals surface area contributed by atoms with E-state index in [1.54, 1.807) is 13.2 Å². The van der Waals surface area contributed by atoms with E-state index in [9.17, 15) is 8.42 Å². The van der Waals surface area contributed by atoms with E-state index in [2.05, 4.69) is 10.1 Å². The summed E-state index contributed by atoms with van der Waals surface area (Å²) in [6.45, 7) is 2.14. The van der Waals surface area contributed by atoms with Gasteiger partial charge in [-0.1, -0.05) is 23.4 Å². The topological polar surface area (TPSA) is 75.9 Å². The number of aromatic nitrogens is 1. The number of para-hydroxylation sites is 1. The molecule has 0 unspecified atom stereocenters. The van der Waals surface area contributed by atoms with Crippen molar-refractivity contribution in [3.05, 3.63) is 54.2 Å². The van der Waals surface area contributed by atoms with Crippen LogP contribution in [0.1, 0.15) is 5.69 Å². The van der Waals surface area contributed by atoms with Gasteiger partial charge in [0.1, 0.15) is 17.2 Å². The molecule has 0 atom stereocenters. The second kappa shape index (κ2) is 7.21. The van der Waals surface area contributed by atoms with Crippen molar-refractivity contribution in [2.75, 3.05) is 38.2 Å². The number of ether oxygens (including phenoxy) is 1. The third kappa shape index (κ3) is 3.63. The molecule has 0 aliphatic carbocycles. The molecule has 1 fully saturated rings. The van der Waals surface area contributed by atoms with Crippen LogP contribution in [0.25, 0.3) is 11.0 Å². The van der Waals surface area contributed by atoms with Gasteiger partial charge in [0.05, 0.1) is 7.11 Å². The monoisotopic (exact) mass is 387 g/mol. The average Bonchev–Trinajstić information content (AvgIpc) is 3.10. The number of anilines is 1. The first-order valence-electron chi connectivity index (χ1n) is 8.77. The zero-order valence-electron chi connectivity index (χ0n) is 15.0. The van der Waals surface area contributed by atoms with E-state index < -0.39 is 10.0 Å². The first-order chi connectivity index (χ1) is 13.1. The van der Waals surface area contributed by atoms with E-state index in [4.69, 9.17) is 9.26 Å². The highest BCUT2D eigenvalue weighted by molar-refractivity contribution is 7.88. The van der Waals surface area contributed by atoms with Crippen molar-refractivity contribution >= 4 is 26.7 Å². The Kier molecular flexibility index (Phi) is 4.75. The van der Waals surface area contributed by atoms with Crippen LogP contribution in [0.2, 0.25) is 0 Å². The minimum Gasteiger partial charge on any atom is -0.497 e. The normalized spacial score (nSPS) is 16.0. The molecule has 1 saturated heterocycles. The molecule has 0 saturated carbocycles. The van der Waals surface area contributed by atoms with Crippen LogP contribution < -0.4 is 9.64 Å². The quantitative estimate of drug-likeness (QED) is 0.670. The molecule has 0 spiro atoms. The minimum absolute atomic E-state index is 0.150. The molecular weight excluding hydrogens is 366 g/mol. The van der Waals surface area contributed by atoms with Gasteiger partial charge in [0, 0.05) is 43.3 Å². The molecule has 2 aromatic carbocycles. The molecule has 2 heterocycles. The molecule has 3 aromatic rings. The summed E-state index contributed by atoms with van der Waals surface area (Å²) < 4.78 is 37.7. The van der Waals surface area contributed by atoms with Crippen LogP contribution in [0.3, 0.4) is 0 Å².